The van der Waals surface area contributed by atoms with Gasteiger partial charge in [0, 0.05) is 37.4 Å². The Morgan fingerprint density at radius 3 is 3.12 bits per heavy atom. The Labute approximate surface area is 152 Å². The van der Waals surface area contributed by atoms with E-state index in [2.05, 4.69) is 22.2 Å². The topological polar surface area (TPSA) is 73.5 Å². The van der Waals surface area contributed by atoms with Gasteiger partial charge in [-0.1, -0.05) is 6.07 Å². The molecule has 0 saturated carbocycles. The summed E-state index contributed by atoms with van der Waals surface area (Å²) in [7, 11) is 0. The molecule has 0 radical (unpaired) electrons. The molecule has 3 aromatic heterocycles. The van der Waals surface area contributed by atoms with E-state index in [0.717, 1.165) is 29.4 Å². The SMILES string of the molecule is CCn1ccnc1[C@@H]1OCC[C@H]1C(=O)NCc1cn2c(C)cccc2n1. The molecule has 1 saturated heterocycles. The van der Waals surface area contributed by atoms with Crippen LogP contribution in [0, 0.1) is 12.8 Å². The molecule has 3 aromatic rings. The van der Waals surface area contributed by atoms with Crippen molar-refractivity contribution in [1.29, 1.82) is 0 Å². The van der Waals surface area contributed by atoms with E-state index in [4.69, 9.17) is 4.74 Å². The maximum Gasteiger partial charge on any atom is 0.226 e. The van der Waals surface area contributed by atoms with Gasteiger partial charge in [0.1, 0.15) is 17.6 Å². The molecule has 1 N–H and O–H groups in total. The average molecular weight is 353 g/mol. The molecule has 26 heavy (non-hydrogen) atoms. The molecule has 1 aliphatic heterocycles. The number of fused-ring (bicyclic) bond motifs is 1. The minimum atomic E-state index is -0.284. The second-order valence-corrected chi connectivity index (χ2v) is 6.60. The number of amides is 1. The number of nitrogens with one attached hydrogen (secondary N) is 1. The Balaban J connectivity index is 1.46. The number of pyridine rings is 1. The van der Waals surface area contributed by atoms with Gasteiger partial charge in [-0.15, -0.1) is 0 Å². The predicted octanol–water partition coefficient (Wildman–Crippen LogP) is 2.25. The lowest BCUT2D eigenvalue weighted by atomic mass is 10.00. The average Bonchev–Trinajstić information content (AvgIpc) is 3.37. The molecule has 1 amide bonds. The van der Waals surface area contributed by atoms with Crippen molar-refractivity contribution in [3.8, 4) is 0 Å². The summed E-state index contributed by atoms with van der Waals surface area (Å²) >= 11 is 0. The Bertz CT molecular complexity index is 929. The fraction of sp³-hybridized carbons (Fsp3) is 0.421. The molecule has 0 bridgehead atoms. The van der Waals surface area contributed by atoms with Gasteiger partial charge in [0.15, 0.2) is 0 Å². The minimum Gasteiger partial charge on any atom is -0.369 e. The molecule has 2 atom stereocenters. The highest BCUT2D eigenvalue weighted by molar-refractivity contribution is 5.79. The number of hydrogen-bond donors (Lipinski definition) is 1. The predicted molar refractivity (Wildman–Crippen MR) is 96.5 cm³/mol. The zero-order valence-corrected chi connectivity index (χ0v) is 15.1. The molecule has 7 heteroatoms. The Kier molecular flexibility index (Phi) is 4.46. The second-order valence-electron chi connectivity index (χ2n) is 6.60. The number of carbonyl (C=O) groups is 1. The van der Waals surface area contributed by atoms with E-state index in [9.17, 15) is 4.79 Å². The van der Waals surface area contributed by atoms with Crippen molar-refractivity contribution >= 4 is 11.6 Å². The van der Waals surface area contributed by atoms with Gasteiger partial charge in [0.05, 0.1) is 18.2 Å². The van der Waals surface area contributed by atoms with E-state index < -0.39 is 0 Å². The van der Waals surface area contributed by atoms with Crippen molar-refractivity contribution in [1.82, 2.24) is 24.3 Å². The first-order valence-corrected chi connectivity index (χ1v) is 9.01. The molecule has 0 unspecified atom stereocenters. The van der Waals surface area contributed by atoms with Gasteiger partial charge in [-0.05, 0) is 32.4 Å². The van der Waals surface area contributed by atoms with Crippen LogP contribution in [0.5, 0.6) is 0 Å². The van der Waals surface area contributed by atoms with E-state index in [1.54, 1.807) is 6.20 Å². The Hall–Kier alpha value is -2.67. The quantitative estimate of drug-likeness (QED) is 0.763. The molecule has 0 aliphatic carbocycles. The van der Waals surface area contributed by atoms with Crippen molar-refractivity contribution in [2.75, 3.05) is 6.61 Å². The summed E-state index contributed by atoms with van der Waals surface area (Å²) in [4.78, 5) is 21.7. The largest absolute Gasteiger partial charge is 0.369 e. The number of rotatable bonds is 5. The number of ether oxygens (including phenoxy) is 1. The van der Waals surface area contributed by atoms with Gasteiger partial charge >= 0.3 is 0 Å². The lowest BCUT2D eigenvalue weighted by Gasteiger charge is -2.18. The molecule has 0 spiro atoms. The van der Waals surface area contributed by atoms with Crippen molar-refractivity contribution < 1.29 is 9.53 Å². The molecule has 4 heterocycles. The van der Waals surface area contributed by atoms with Gasteiger partial charge in [0.25, 0.3) is 0 Å². The first-order valence-electron chi connectivity index (χ1n) is 9.01. The van der Waals surface area contributed by atoms with Gasteiger partial charge in [-0.25, -0.2) is 9.97 Å². The number of nitrogens with zero attached hydrogens (tertiary/aromatic N) is 4. The number of hydrogen-bond acceptors (Lipinski definition) is 4. The van der Waals surface area contributed by atoms with Crippen LogP contribution < -0.4 is 5.32 Å². The molecule has 4 rings (SSSR count). The lowest BCUT2D eigenvalue weighted by molar-refractivity contribution is -0.127. The molecule has 1 fully saturated rings. The highest BCUT2D eigenvalue weighted by Gasteiger charge is 2.37. The van der Waals surface area contributed by atoms with Crippen LogP contribution in [0.15, 0.2) is 36.8 Å². The molecule has 7 nitrogen and oxygen atoms in total. The van der Waals surface area contributed by atoms with E-state index in [1.165, 1.54) is 0 Å². The molecule has 1 aliphatic rings. The van der Waals surface area contributed by atoms with Crippen LogP contribution in [-0.2, 0) is 22.6 Å². The third-order valence-electron chi connectivity index (χ3n) is 4.96. The number of aryl methyl sites for hydroxylation is 2. The Morgan fingerprint density at radius 1 is 1.42 bits per heavy atom. The van der Waals surface area contributed by atoms with E-state index in [1.807, 2.05) is 46.5 Å². The molecular formula is C19H23N5O2. The summed E-state index contributed by atoms with van der Waals surface area (Å²) in [5, 5.41) is 3.02. The van der Waals surface area contributed by atoms with Crippen LogP contribution in [-0.4, -0.2) is 31.4 Å². The van der Waals surface area contributed by atoms with Crippen LogP contribution in [0.2, 0.25) is 0 Å². The van der Waals surface area contributed by atoms with Crippen molar-refractivity contribution in [3.63, 3.8) is 0 Å². The number of aromatic nitrogens is 4. The monoisotopic (exact) mass is 353 g/mol. The van der Waals surface area contributed by atoms with Crippen LogP contribution in [0.4, 0.5) is 0 Å². The smallest absolute Gasteiger partial charge is 0.226 e. The first kappa shape index (κ1) is 16.8. The third-order valence-corrected chi connectivity index (χ3v) is 4.96. The van der Waals surface area contributed by atoms with Crippen LogP contribution >= 0.6 is 0 Å². The summed E-state index contributed by atoms with van der Waals surface area (Å²) in [6.07, 6.45) is 6.07. The van der Waals surface area contributed by atoms with Gasteiger partial charge in [0.2, 0.25) is 5.91 Å². The van der Waals surface area contributed by atoms with Crippen molar-refractivity contribution in [3.05, 3.63) is 54.0 Å². The first-order chi connectivity index (χ1) is 12.7. The van der Waals surface area contributed by atoms with Crippen molar-refractivity contribution in [2.24, 2.45) is 5.92 Å². The highest BCUT2D eigenvalue weighted by Crippen LogP contribution is 2.33. The van der Waals surface area contributed by atoms with Gasteiger partial charge in [-0.2, -0.15) is 0 Å². The highest BCUT2D eigenvalue weighted by atomic mass is 16.5. The lowest BCUT2D eigenvalue weighted by Crippen LogP contribution is -2.32. The van der Waals surface area contributed by atoms with E-state index in [0.29, 0.717) is 19.6 Å². The molecular weight excluding hydrogens is 330 g/mol. The van der Waals surface area contributed by atoms with Crippen molar-refractivity contribution in [2.45, 2.75) is 39.5 Å². The molecule has 0 aromatic carbocycles. The summed E-state index contributed by atoms with van der Waals surface area (Å²) in [6.45, 7) is 5.89. The zero-order valence-electron chi connectivity index (χ0n) is 15.1. The zero-order chi connectivity index (χ0) is 18.1. The van der Waals surface area contributed by atoms with Crippen LogP contribution in [0.3, 0.4) is 0 Å². The summed E-state index contributed by atoms with van der Waals surface area (Å²) in [5.74, 6) is 0.599. The Morgan fingerprint density at radius 2 is 2.31 bits per heavy atom. The fourth-order valence-corrected chi connectivity index (χ4v) is 3.55. The maximum atomic E-state index is 12.7. The van der Waals surface area contributed by atoms with Crippen LogP contribution in [0.1, 0.15) is 36.7 Å². The van der Waals surface area contributed by atoms with E-state index >= 15 is 0 Å². The summed E-state index contributed by atoms with van der Waals surface area (Å²) < 4.78 is 9.88. The minimum absolute atomic E-state index is 0.00747. The summed E-state index contributed by atoms with van der Waals surface area (Å²) in [5.41, 5.74) is 2.85. The van der Waals surface area contributed by atoms with E-state index in [-0.39, 0.29) is 17.9 Å². The number of imidazole rings is 2. The number of carbonyl (C=O) groups excluding carboxylic acids is 1. The van der Waals surface area contributed by atoms with Crippen LogP contribution in [0.25, 0.3) is 5.65 Å². The molecule has 136 valence electrons. The third kappa shape index (κ3) is 2.99. The standard InChI is InChI=1S/C19H23N5O2/c1-3-23-9-8-20-18(23)17-15(7-10-26-17)19(25)21-11-14-12-24-13(2)5-4-6-16(24)22-14/h4-6,8-9,12,15,17H,3,7,10-11H2,1-2H3,(H,21,25)/t15-,17-/m1/s1. The van der Waals surface area contributed by atoms with Gasteiger partial charge < -0.3 is 19.0 Å². The second kappa shape index (κ2) is 6.92. The van der Waals surface area contributed by atoms with Gasteiger partial charge in [-0.3, -0.25) is 4.79 Å². The normalized spacial score (nSPS) is 19.9. The summed E-state index contributed by atoms with van der Waals surface area (Å²) in [6, 6.07) is 5.98. The fourth-order valence-electron chi connectivity index (χ4n) is 3.55. The maximum absolute atomic E-state index is 12.7.